The quantitative estimate of drug-likeness (QED) is 0.770. The molecule has 17 heavy (non-hydrogen) atoms. The van der Waals surface area contributed by atoms with Crippen LogP contribution in [-0.2, 0) is 4.79 Å². The molecule has 1 saturated carbocycles. The molecule has 0 aromatic carbocycles. The van der Waals surface area contributed by atoms with Gasteiger partial charge in [0.05, 0.1) is 6.04 Å². The second kappa shape index (κ2) is 4.94. The van der Waals surface area contributed by atoms with Crippen LogP contribution in [0.25, 0.3) is 0 Å². The van der Waals surface area contributed by atoms with Crippen LogP contribution in [0, 0.1) is 0 Å². The third kappa shape index (κ3) is 2.47. The Morgan fingerprint density at radius 1 is 1.41 bits per heavy atom. The first-order valence-corrected chi connectivity index (χ1v) is 6.73. The van der Waals surface area contributed by atoms with Crippen LogP contribution >= 0.6 is 0 Å². The largest absolute Gasteiger partial charge is 0.396 e. The molecule has 1 aliphatic heterocycles. The summed E-state index contributed by atoms with van der Waals surface area (Å²) < 4.78 is 0. The molecule has 2 aliphatic rings. The van der Waals surface area contributed by atoms with Gasteiger partial charge in [0.1, 0.15) is 0 Å². The molecule has 1 aliphatic carbocycles. The summed E-state index contributed by atoms with van der Waals surface area (Å²) in [4.78, 5) is 14.3. The molecule has 2 rings (SSSR count). The van der Waals surface area contributed by atoms with Crippen molar-refractivity contribution in [3.05, 3.63) is 0 Å². The lowest BCUT2D eigenvalue weighted by Crippen LogP contribution is -2.67. The summed E-state index contributed by atoms with van der Waals surface area (Å²) in [5.74, 6) is 0.0882. The lowest BCUT2D eigenvalue weighted by molar-refractivity contribution is -0.137. The average Bonchev–Trinajstić information content (AvgIpc) is 2.77. The number of carbonyl (C=O) groups is 1. The maximum Gasteiger partial charge on any atom is 0.237 e. The standard InChI is InChI=1S/C13H24N2O2/c1-13(2)9-14-12(17)11(7-8-16)15(13)10-5-3-4-6-10/h10-11,16H,3-9H2,1-2H3,(H,14,17). The van der Waals surface area contributed by atoms with E-state index in [4.69, 9.17) is 5.11 Å². The van der Waals surface area contributed by atoms with E-state index in [0.29, 0.717) is 19.0 Å². The van der Waals surface area contributed by atoms with E-state index in [0.717, 1.165) is 0 Å². The lowest BCUT2D eigenvalue weighted by Gasteiger charge is -2.50. The molecule has 0 spiro atoms. The predicted octanol–water partition coefficient (Wildman–Crippen LogP) is 0.890. The zero-order valence-electron chi connectivity index (χ0n) is 10.9. The van der Waals surface area contributed by atoms with Gasteiger partial charge in [0.15, 0.2) is 0 Å². The summed E-state index contributed by atoms with van der Waals surface area (Å²) >= 11 is 0. The fourth-order valence-corrected chi connectivity index (χ4v) is 3.38. The summed E-state index contributed by atoms with van der Waals surface area (Å²) in [5, 5.41) is 12.1. The van der Waals surface area contributed by atoms with Crippen molar-refractivity contribution in [3.63, 3.8) is 0 Å². The van der Waals surface area contributed by atoms with Crippen LogP contribution in [0.3, 0.4) is 0 Å². The van der Waals surface area contributed by atoms with Crippen LogP contribution in [0.15, 0.2) is 0 Å². The second-order valence-corrected chi connectivity index (χ2v) is 5.90. The van der Waals surface area contributed by atoms with Crippen molar-refractivity contribution in [2.75, 3.05) is 13.2 Å². The SMILES string of the molecule is CC1(C)CNC(=O)C(CCO)N1C1CCCC1. The molecular formula is C13H24N2O2. The number of hydrogen-bond donors (Lipinski definition) is 2. The number of nitrogens with one attached hydrogen (secondary N) is 1. The van der Waals surface area contributed by atoms with Crippen LogP contribution in [0.1, 0.15) is 46.0 Å². The van der Waals surface area contributed by atoms with E-state index in [2.05, 4.69) is 24.1 Å². The minimum Gasteiger partial charge on any atom is -0.396 e. The van der Waals surface area contributed by atoms with Gasteiger partial charge in [0.2, 0.25) is 5.91 Å². The molecule has 98 valence electrons. The Morgan fingerprint density at radius 3 is 2.65 bits per heavy atom. The molecular weight excluding hydrogens is 216 g/mol. The first-order valence-electron chi connectivity index (χ1n) is 6.73. The number of aliphatic hydroxyl groups is 1. The number of rotatable bonds is 3. The van der Waals surface area contributed by atoms with E-state index in [-0.39, 0.29) is 24.1 Å². The molecule has 0 radical (unpaired) electrons. The summed E-state index contributed by atoms with van der Waals surface area (Å²) in [6.45, 7) is 5.17. The number of nitrogens with zero attached hydrogens (tertiary/aromatic N) is 1. The van der Waals surface area contributed by atoms with Gasteiger partial charge in [0, 0.05) is 24.7 Å². The average molecular weight is 240 g/mol. The highest BCUT2D eigenvalue weighted by atomic mass is 16.3. The molecule has 1 saturated heterocycles. The lowest BCUT2D eigenvalue weighted by atomic mass is 9.91. The van der Waals surface area contributed by atoms with Gasteiger partial charge in [0.25, 0.3) is 0 Å². The zero-order chi connectivity index (χ0) is 12.5. The van der Waals surface area contributed by atoms with E-state index >= 15 is 0 Å². The van der Waals surface area contributed by atoms with Gasteiger partial charge in [-0.25, -0.2) is 0 Å². The highest BCUT2D eigenvalue weighted by Crippen LogP contribution is 2.33. The number of amides is 1. The van der Waals surface area contributed by atoms with Gasteiger partial charge in [-0.1, -0.05) is 12.8 Å². The van der Waals surface area contributed by atoms with Crippen molar-refractivity contribution in [1.82, 2.24) is 10.2 Å². The zero-order valence-corrected chi connectivity index (χ0v) is 10.9. The van der Waals surface area contributed by atoms with E-state index in [1.165, 1.54) is 25.7 Å². The van der Waals surface area contributed by atoms with E-state index < -0.39 is 0 Å². The molecule has 1 heterocycles. The van der Waals surface area contributed by atoms with Crippen molar-refractivity contribution in [3.8, 4) is 0 Å². The highest BCUT2D eigenvalue weighted by Gasteiger charge is 2.44. The van der Waals surface area contributed by atoms with Crippen LogP contribution in [0.2, 0.25) is 0 Å². The monoisotopic (exact) mass is 240 g/mol. The topological polar surface area (TPSA) is 52.6 Å². The van der Waals surface area contributed by atoms with E-state index in [9.17, 15) is 4.79 Å². The van der Waals surface area contributed by atoms with Crippen LogP contribution < -0.4 is 5.32 Å². The maximum absolute atomic E-state index is 12.0. The Balaban J connectivity index is 2.20. The molecule has 1 amide bonds. The van der Waals surface area contributed by atoms with Gasteiger partial charge < -0.3 is 10.4 Å². The molecule has 2 fully saturated rings. The molecule has 4 heteroatoms. The van der Waals surface area contributed by atoms with Gasteiger partial charge in [-0.05, 0) is 33.1 Å². The first-order chi connectivity index (χ1) is 8.06. The number of carbonyl (C=O) groups excluding carboxylic acids is 1. The summed E-state index contributed by atoms with van der Waals surface area (Å²) in [6, 6.07) is 0.374. The Morgan fingerprint density at radius 2 is 2.06 bits per heavy atom. The number of piperazine rings is 1. The first kappa shape index (κ1) is 12.8. The van der Waals surface area contributed by atoms with Gasteiger partial charge in [-0.2, -0.15) is 0 Å². The van der Waals surface area contributed by atoms with Crippen molar-refractivity contribution in [2.45, 2.75) is 63.6 Å². The Hall–Kier alpha value is -0.610. The van der Waals surface area contributed by atoms with Crippen molar-refractivity contribution >= 4 is 5.91 Å². The molecule has 2 N–H and O–H groups in total. The van der Waals surface area contributed by atoms with Crippen molar-refractivity contribution < 1.29 is 9.90 Å². The molecule has 0 bridgehead atoms. The predicted molar refractivity (Wildman–Crippen MR) is 66.7 cm³/mol. The van der Waals surface area contributed by atoms with Crippen LogP contribution in [0.4, 0.5) is 0 Å². The molecule has 0 aromatic heterocycles. The third-order valence-electron chi connectivity index (χ3n) is 4.15. The summed E-state index contributed by atoms with van der Waals surface area (Å²) in [7, 11) is 0. The van der Waals surface area contributed by atoms with E-state index in [1.54, 1.807) is 0 Å². The Kier molecular flexibility index (Phi) is 3.73. The minimum atomic E-state index is -0.146. The number of aliphatic hydroxyl groups excluding tert-OH is 1. The van der Waals surface area contributed by atoms with Gasteiger partial charge >= 0.3 is 0 Å². The summed E-state index contributed by atoms with van der Waals surface area (Å²) in [5.41, 5.74) is 0.00273. The van der Waals surface area contributed by atoms with Gasteiger partial charge in [-0.15, -0.1) is 0 Å². The smallest absolute Gasteiger partial charge is 0.237 e. The van der Waals surface area contributed by atoms with Crippen molar-refractivity contribution in [2.24, 2.45) is 0 Å². The Labute approximate surface area is 103 Å². The summed E-state index contributed by atoms with van der Waals surface area (Å²) in [6.07, 6.45) is 5.47. The Bertz CT molecular complexity index is 285. The van der Waals surface area contributed by atoms with E-state index in [1.807, 2.05) is 0 Å². The third-order valence-corrected chi connectivity index (χ3v) is 4.15. The second-order valence-electron chi connectivity index (χ2n) is 5.90. The molecule has 1 unspecified atom stereocenters. The fraction of sp³-hybridized carbons (Fsp3) is 0.923. The highest BCUT2D eigenvalue weighted by molar-refractivity contribution is 5.83. The fourth-order valence-electron chi connectivity index (χ4n) is 3.38. The molecule has 4 nitrogen and oxygen atoms in total. The normalized spacial score (nSPS) is 30.5. The van der Waals surface area contributed by atoms with Gasteiger partial charge in [-0.3, -0.25) is 9.69 Å². The number of hydrogen-bond acceptors (Lipinski definition) is 3. The maximum atomic E-state index is 12.0. The van der Waals surface area contributed by atoms with Crippen LogP contribution in [0.5, 0.6) is 0 Å². The molecule has 0 aromatic rings. The minimum absolute atomic E-state index is 0.00273. The van der Waals surface area contributed by atoms with Crippen LogP contribution in [-0.4, -0.2) is 46.7 Å². The molecule has 1 atom stereocenters. The van der Waals surface area contributed by atoms with Crippen molar-refractivity contribution in [1.29, 1.82) is 0 Å².